The van der Waals surface area contributed by atoms with Gasteiger partial charge in [-0.1, -0.05) is 6.07 Å². The molecule has 0 N–H and O–H groups in total. The molecule has 1 aliphatic rings. The Hall–Kier alpha value is -2.41. The van der Waals surface area contributed by atoms with Gasteiger partial charge in [0.15, 0.2) is 0 Å². The second-order valence-electron chi connectivity index (χ2n) is 4.78. The third kappa shape index (κ3) is 1.75. The van der Waals surface area contributed by atoms with Gasteiger partial charge in [-0.15, -0.1) is 0 Å². The summed E-state index contributed by atoms with van der Waals surface area (Å²) in [6.45, 7) is 0. The molecule has 0 spiro atoms. The fourth-order valence-electron chi connectivity index (χ4n) is 2.32. The molecule has 0 atom stereocenters. The number of nitrogens with zero attached hydrogens (tertiary/aromatic N) is 2. The maximum atomic E-state index is 11.8. The minimum atomic E-state index is -0.383. The number of carbonyl (C=O) groups is 1. The summed E-state index contributed by atoms with van der Waals surface area (Å²) in [4.78, 5) is 16.0. The van der Waals surface area contributed by atoms with Gasteiger partial charge in [0, 0.05) is 11.6 Å². The van der Waals surface area contributed by atoms with Crippen molar-refractivity contribution in [3.63, 3.8) is 0 Å². The van der Waals surface area contributed by atoms with Crippen molar-refractivity contribution in [1.29, 1.82) is 5.26 Å². The van der Waals surface area contributed by atoms with E-state index >= 15 is 0 Å². The third-order valence-electron chi connectivity index (χ3n) is 3.66. The molecular formula is C15H12N2O2. The first-order chi connectivity index (χ1) is 9.20. The van der Waals surface area contributed by atoms with E-state index in [0.717, 1.165) is 29.3 Å². The number of rotatable bonds is 2. The number of fused-ring (bicyclic) bond motifs is 1. The molecular weight excluding hydrogens is 240 g/mol. The maximum absolute atomic E-state index is 11.8. The molecule has 19 heavy (non-hydrogen) atoms. The van der Waals surface area contributed by atoms with Gasteiger partial charge in [0.2, 0.25) is 0 Å². The van der Waals surface area contributed by atoms with Gasteiger partial charge >= 0.3 is 5.97 Å². The molecule has 0 bridgehead atoms. The van der Waals surface area contributed by atoms with Crippen LogP contribution in [0.5, 0.6) is 0 Å². The van der Waals surface area contributed by atoms with E-state index in [2.05, 4.69) is 11.1 Å². The van der Waals surface area contributed by atoms with Gasteiger partial charge in [-0.05, 0) is 36.6 Å². The molecule has 4 nitrogen and oxygen atoms in total. The summed E-state index contributed by atoms with van der Waals surface area (Å²) in [5.41, 5.74) is 1.82. The molecule has 0 saturated heterocycles. The monoisotopic (exact) mass is 252 g/mol. The molecule has 2 aromatic rings. The van der Waals surface area contributed by atoms with Crippen molar-refractivity contribution >= 4 is 16.9 Å². The first-order valence-corrected chi connectivity index (χ1v) is 6.09. The molecule has 1 heterocycles. The molecule has 0 unspecified atom stereocenters. The Morgan fingerprint density at radius 2 is 2.21 bits per heavy atom. The van der Waals surface area contributed by atoms with Crippen molar-refractivity contribution < 1.29 is 9.53 Å². The Morgan fingerprint density at radius 1 is 1.42 bits per heavy atom. The predicted molar refractivity (Wildman–Crippen MR) is 69.6 cm³/mol. The van der Waals surface area contributed by atoms with Crippen LogP contribution in [0.3, 0.4) is 0 Å². The summed E-state index contributed by atoms with van der Waals surface area (Å²) in [5, 5.41) is 9.99. The van der Waals surface area contributed by atoms with E-state index in [4.69, 9.17) is 4.74 Å². The van der Waals surface area contributed by atoms with E-state index in [1.165, 1.54) is 7.11 Å². The summed E-state index contributed by atoms with van der Waals surface area (Å²) < 4.78 is 4.78. The summed E-state index contributed by atoms with van der Waals surface area (Å²) in [6.07, 6.45) is 3.34. The number of benzene rings is 1. The average Bonchev–Trinajstić information content (AvgIpc) is 3.26. The van der Waals surface area contributed by atoms with Crippen molar-refractivity contribution in [2.75, 3.05) is 7.11 Å². The molecule has 1 saturated carbocycles. The molecule has 0 aliphatic heterocycles. The highest BCUT2D eigenvalue weighted by molar-refractivity contribution is 6.03. The molecule has 0 amide bonds. The van der Waals surface area contributed by atoms with Crippen molar-refractivity contribution in [3.8, 4) is 6.07 Å². The highest BCUT2D eigenvalue weighted by Gasteiger charge is 2.44. The van der Waals surface area contributed by atoms with E-state index in [9.17, 15) is 10.1 Å². The molecule has 0 radical (unpaired) electrons. The third-order valence-corrected chi connectivity index (χ3v) is 3.66. The van der Waals surface area contributed by atoms with Crippen LogP contribution in [0.25, 0.3) is 10.9 Å². The number of methoxy groups -OCH3 is 1. The molecule has 94 valence electrons. The summed E-state index contributed by atoms with van der Waals surface area (Å²) in [7, 11) is 1.36. The van der Waals surface area contributed by atoms with Crippen molar-refractivity contribution in [2.45, 2.75) is 18.3 Å². The highest BCUT2D eigenvalue weighted by Crippen LogP contribution is 2.48. The lowest BCUT2D eigenvalue weighted by Crippen LogP contribution is -2.05. The first kappa shape index (κ1) is 11.7. The summed E-state index contributed by atoms with van der Waals surface area (Å²) >= 11 is 0. The maximum Gasteiger partial charge on any atom is 0.338 e. The van der Waals surface area contributed by atoms with Crippen molar-refractivity contribution in [1.82, 2.24) is 4.98 Å². The number of nitriles is 1. The average molecular weight is 252 g/mol. The predicted octanol–water partition coefficient (Wildman–Crippen LogP) is 2.58. The Kier molecular flexibility index (Phi) is 2.49. The number of ether oxygens (including phenoxy) is 1. The van der Waals surface area contributed by atoms with Crippen molar-refractivity contribution in [2.24, 2.45) is 0 Å². The van der Waals surface area contributed by atoms with Crippen LogP contribution in [0.2, 0.25) is 0 Å². The molecule has 4 heteroatoms. The first-order valence-electron chi connectivity index (χ1n) is 6.09. The van der Waals surface area contributed by atoms with E-state index in [1.54, 1.807) is 12.3 Å². The normalized spacial score (nSPS) is 15.8. The van der Waals surface area contributed by atoms with Gasteiger partial charge in [0.05, 0.1) is 29.7 Å². The van der Waals surface area contributed by atoms with Crippen LogP contribution in [0, 0.1) is 11.3 Å². The lowest BCUT2D eigenvalue weighted by atomic mass is 9.95. The van der Waals surface area contributed by atoms with Crippen LogP contribution < -0.4 is 0 Å². The highest BCUT2D eigenvalue weighted by atomic mass is 16.5. The second kappa shape index (κ2) is 4.06. The van der Waals surface area contributed by atoms with Crippen LogP contribution in [0.15, 0.2) is 30.5 Å². The fourth-order valence-corrected chi connectivity index (χ4v) is 2.32. The van der Waals surface area contributed by atoms with Gasteiger partial charge < -0.3 is 4.74 Å². The number of carbonyl (C=O) groups excluding carboxylic acids is 1. The zero-order valence-electron chi connectivity index (χ0n) is 10.5. The lowest BCUT2D eigenvalue weighted by Gasteiger charge is -2.09. The van der Waals surface area contributed by atoms with Gasteiger partial charge in [-0.25, -0.2) is 4.79 Å². The quantitative estimate of drug-likeness (QED) is 0.770. The lowest BCUT2D eigenvalue weighted by molar-refractivity contribution is 0.0603. The molecule has 3 rings (SSSR count). The number of aromatic nitrogens is 1. The van der Waals surface area contributed by atoms with Gasteiger partial charge in [0.25, 0.3) is 0 Å². The summed E-state index contributed by atoms with van der Waals surface area (Å²) in [6, 6.07) is 9.67. The van der Waals surface area contributed by atoms with Crippen LogP contribution in [0.1, 0.15) is 28.8 Å². The van der Waals surface area contributed by atoms with E-state index in [-0.39, 0.29) is 11.4 Å². The molecule has 1 aromatic carbocycles. The molecule has 1 aliphatic carbocycles. The molecule has 1 fully saturated rings. The Balaban J connectivity index is 2.21. The number of hydrogen-bond acceptors (Lipinski definition) is 4. The zero-order chi connectivity index (χ0) is 13.5. The van der Waals surface area contributed by atoms with Crippen LogP contribution >= 0.6 is 0 Å². The smallest absolute Gasteiger partial charge is 0.338 e. The number of hydrogen-bond donors (Lipinski definition) is 0. The number of pyridine rings is 1. The van der Waals surface area contributed by atoms with Crippen LogP contribution in [-0.4, -0.2) is 18.1 Å². The largest absolute Gasteiger partial charge is 0.465 e. The summed E-state index contributed by atoms with van der Waals surface area (Å²) in [5.74, 6) is -0.383. The zero-order valence-corrected chi connectivity index (χ0v) is 10.5. The standard InChI is InChI=1S/C15H12N2O2/c1-19-14(18)11-4-7-17-13-3-2-10(8-12(11)13)15(9-16)5-6-15/h2-4,7-8H,5-6H2,1H3. The van der Waals surface area contributed by atoms with Gasteiger partial charge in [-0.3, -0.25) is 4.98 Å². The van der Waals surface area contributed by atoms with Crippen molar-refractivity contribution in [3.05, 3.63) is 41.6 Å². The molecule has 1 aromatic heterocycles. The Bertz CT molecular complexity index is 712. The Morgan fingerprint density at radius 3 is 2.84 bits per heavy atom. The van der Waals surface area contributed by atoms with E-state index in [0.29, 0.717) is 5.56 Å². The minimum absolute atomic E-state index is 0.364. The van der Waals surface area contributed by atoms with Gasteiger partial charge in [0.1, 0.15) is 0 Å². The van der Waals surface area contributed by atoms with E-state index < -0.39 is 0 Å². The number of esters is 1. The Labute approximate surface area is 110 Å². The van der Waals surface area contributed by atoms with E-state index in [1.807, 2.05) is 18.2 Å². The topological polar surface area (TPSA) is 63.0 Å². The fraction of sp³-hybridized carbons (Fsp3) is 0.267. The second-order valence-corrected chi connectivity index (χ2v) is 4.78. The minimum Gasteiger partial charge on any atom is -0.465 e. The SMILES string of the molecule is COC(=O)c1ccnc2ccc(C3(C#N)CC3)cc12. The van der Waals surface area contributed by atoms with Crippen LogP contribution in [0.4, 0.5) is 0 Å². The van der Waals surface area contributed by atoms with Gasteiger partial charge in [-0.2, -0.15) is 5.26 Å². The van der Waals surface area contributed by atoms with Crippen LogP contribution in [-0.2, 0) is 10.2 Å².